The molecule has 0 radical (unpaired) electrons. The Hall–Kier alpha value is -3.91. The second kappa shape index (κ2) is 10.4. The predicted molar refractivity (Wildman–Crippen MR) is 143 cm³/mol. The summed E-state index contributed by atoms with van der Waals surface area (Å²) in [6.07, 6.45) is 1.64. The minimum Gasteiger partial charge on any atom is -0.494 e. The number of ether oxygens (including phenoxy) is 1. The molecule has 4 aromatic rings. The lowest BCUT2D eigenvalue weighted by molar-refractivity contribution is -0.114. The van der Waals surface area contributed by atoms with Gasteiger partial charge in [0.2, 0.25) is 5.91 Å². The highest BCUT2D eigenvalue weighted by Gasteiger charge is 2.30. The van der Waals surface area contributed by atoms with Gasteiger partial charge >= 0.3 is 0 Å². The number of amides is 1. The number of aromatic nitrogens is 1. The van der Waals surface area contributed by atoms with Crippen molar-refractivity contribution in [1.29, 1.82) is 0 Å². The van der Waals surface area contributed by atoms with Crippen molar-refractivity contribution in [3.05, 3.63) is 89.6 Å². The van der Waals surface area contributed by atoms with Crippen LogP contribution >= 0.6 is 0 Å². The fraction of sp³-hybridized carbons (Fsp3) is 0.214. The van der Waals surface area contributed by atoms with E-state index in [9.17, 15) is 13.2 Å². The van der Waals surface area contributed by atoms with Crippen LogP contribution in [0.25, 0.3) is 10.9 Å². The Balaban J connectivity index is 1.74. The number of rotatable bonds is 8. The molecule has 0 unspecified atom stereocenters. The molecular formula is C28H29N3O4S. The van der Waals surface area contributed by atoms with E-state index in [0.29, 0.717) is 29.2 Å². The molecule has 1 N–H and O–H groups in total. The summed E-state index contributed by atoms with van der Waals surface area (Å²) in [5, 5.41) is 3.52. The van der Waals surface area contributed by atoms with Crippen LogP contribution in [0.15, 0.2) is 77.8 Å². The molecule has 0 spiro atoms. The van der Waals surface area contributed by atoms with E-state index < -0.39 is 22.5 Å². The third-order valence-electron chi connectivity index (χ3n) is 5.96. The number of pyridine rings is 1. The lowest BCUT2D eigenvalue weighted by Crippen LogP contribution is -2.38. The molecule has 186 valence electrons. The summed E-state index contributed by atoms with van der Waals surface area (Å²) < 4.78 is 34.8. The number of fused-ring (bicyclic) bond motifs is 1. The van der Waals surface area contributed by atoms with Crippen LogP contribution in [0.3, 0.4) is 0 Å². The van der Waals surface area contributed by atoms with Crippen molar-refractivity contribution in [1.82, 2.24) is 4.98 Å². The molecule has 7 nitrogen and oxygen atoms in total. The van der Waals surface area contributed by atoms with Gasteiger partial charge in [0.1, 0.15) is 17.2 Å². The van der Waals surface area contributed by atoms with Crippen molar-refractivity contribution in [2.24, 2.45) is 0 Å². The highest BCUT2D eigenvalue weighted by atomic mass is 32.2. The Morgan fingerprint density at radius 1 is 1.00 bits per heavy atom. The molecule has 0 atom stereocenters. The van der Waals surface area contributed by atoms with Gasteiger partial charge in [-0.1, -0.05) is 24.3 Å². The molecule has 0 bridgehead atoms. The second-order valence-electron chi connectivity index (χ2n) is 8.58. The molecule has 4 rings (SSSR count). The van der Waals surface area contributed by atoms with E-state index in [2.05, 4.69) is 10.3 Å². The molecule has 1 amide bonds. The number of anilines is 2. The molecular weight excluding hydrogens is 474 g/mol. The van der Waals surface area contributed by atoms with E-state index in [1.165, 1.54) is 6.07 Å². The summed E-state index contributed by atoms with van der Waals surface area (Å²) in [5.74, 6) is 0.224. The first-order chi connectivity index (χ1) is 17.2. The van der Waals surface area contributed by atoms with Gasteiger partial charge in [-0.05, 0) is 86.8 Å². The summed E-state index contributed by atoms with van der Waals surface area (Å²) >= 11 is 0. The maximum atomic E-state index is 14.1. The van der Waals surface area contributed by atoms with Gasteiger partial charge in [0, 0.05) is 17.3 Å². The maximum Gasteiger partial charge on any atom is 0.266 e. The molecule has 0 aliphatic heterocycles. The van der Waals surface area contributed by atoms with E-state index in [-0.39, 0.29) is 4.90 Å². The zero-order chi connectivity index (χ0) is 25.9. The number of hydrogen-bond donors (Lipinski definition) is 1. The fourth-order valence-corrected chi connectivity index (χ4v) is 5.65. The summed E-state index contributed by atoms with van der Waals surface area (Å²) in [6, 6.07) is 19.3. The number of hydrogen-bond acceptors (Lipinski definition) is 5. The average molecular weight is 504 g/mol. The third kappa shape index (κ3) is 5.18. The number of carbonyl (C=O) groups excluding carboxylic acids is 1. The van der Waals surface area contributed by atoms with Crippen molar-refractivity contribution < 1.29 is 17.9 Å². The normalized spacial score (nSPS) is 11.3. The number of para-hydroxylation sites is 1. The number of aryl methyl sites for hydroxylation is 2. The van der Waals surface area contributed by atoms with Crippen molar-refractivity contribution in [2.45, 2.75) is 32.6 Å². The minimum atomic E-state index is -4.14. The molecule has 3 aromatic carbocycles. The molecule has 0 saturated heterocycles. The number of benzene rings is 3. The Morgan fingerprint density at radius 2 is 1.72 bits per heavy atom. The summed E-state index contributed by atoms with van der Waals surface area (Å²) in [7, 11) is -4.14. The van der Waals surface area contributed by atoms with Gasteiger partial charge in [-0.2, -0.15) is 0 Å². The van der Waals surface area contributed by atoms with Crippen LogP contribution in [0, 0.1) is 20.8 Å². The van der Waals surface area contributed by atoms with Gasteiger partial charge in [-0.25, -0.2) is 8.42 Å². The van der Waals surface area contributed by atoms with E-state index >= 15 is 0 Å². The average Bonchev–Trinajstić information content (AvgIpc) is 2.85. The topological polar surface area (TPSA) is 88.6 Å². The van der Waals surface area contributed by atoms with Gasteiger partial charge in [0.25, 0.3) is 10.0 Å². The van der Waals surface area contributed by atoms with Gasteiger partial charge in [-0.3, -0.25) is 14.1 Å². The van der Waals surface area contributed by atoms with Crippen LogP contribution in [0.2, 0.25) is 0 Å². The molecule has 0 fully saturated rings. The Bertz CT molecular complexity index is 1520. The van der Waals surface area contributed by atoms with E-state index in [1.807, 2.05) is 45.9 Å². The predicted octanol–water partition coefficient (Wildman–Crippen LogP) is 5.39. The first kappa shape index (κ1) is 25.2. The molecule has 36 heavy (non-hydrogen) atoms. The van der Waals surface area contributed by atoms with Crippen LogP contribution in [0.1, 0.15) is 23.6 Å². The van der Waals surface area contributed by atoms with Gasteiger partial charge in [-0.15, -0.1) is 0 Å². The van der Waals surface area contributed by atoms with Crippen LogP contribution in [-0.4, -0.2) is 32.5 Å². The van der Waals surface area contributed by atoms with E-state index in [0.717, 1.165) is 26.4 Å². The van der Waals surface area contributed by atoms with Crippen molar-refractivity contribution >= 4 is 38.2 Å². The molecule has 8 heteroatoms. The first-order valence-corrected chi connectivity index (χ1v) is 13.1. The van der Waals surface area contributed by atoms with Crippen LogP contribution in [0.4, 0.5) is 11.4 Å². The van der Waals surface area contributed by atoms with Gasteiger partial charge < -0.3 is 10.1 Å². The maximum absolute atomic E-state index is 14.1. The highest BCUT2D eigenvalue weighted by Crippen LogP contribution is 2.31. The van der Waals surface area contributed by atoms with Crippen molar-refractivity contribution in [3.63, 3.8) is 0 Å². The Kier molecular flexibility index (Phi) is 7.26. The third-order valence-corrected chi connectivity index (χ3v) is 7.75. The number of nitrogens with zero attached hydrogens (tertiary/aromatic N) is 2. The van der Waals surface area contributed by atoms with Crippen molar-refractivity contribution in [2.75, 3.05) is 22.8 Å². The quantitative estimate of drug-likeness (QED) is 0.348. The molecule has 1 aromatic heterocycles. The SMILES string of the molecule is CCOc1ccc(NC(=O)CN(c2cccc(C)c2C)S(=O)(=O)c2cccc3cc(C)cnc23)cc1. The smallest absolute Gasteiger partial charge is 0.266 e. The lowest BCUT2D eigenvalue weighted by Gasteiger charge is -2.26. The summed E-state index contributed by atoms with van der Waals surface area (Å²) in [6.45, 7) is 7.69. The monoisotopic (exact) mass is 503 g/mol. The number of nitrogens with one attached hydrogen (secondary N) is 1. The van der Waals surface area contributed by atoms with Gasteiger partial charge in [0.15, 0.2) is 0 Å². The highest BCUT2D eigenvalue weighted by molar-refractivity contribution is 7.93. The van der Waals surface area contributed by atoms with Crippen molar-refractivity contribution in [3.8, 4) is 5.75 Å². The fourth-order valence-electron chi connectivity index (χ4n) is 4.01. The summed E-state index contributed by atoms with van der Waals surface area (Å²) in [4.78, 5) is 17.6. The van der Waals surface area contributed by atoms with Crippen LogP contribution in [-0.2, 0) is 14.8 Å². The molecule has 1 heterocycles. The standard InChI is InChI=1S/C28H29N3O4S/c1-5-35-24-14-12-23(13-15-24)30-27(32)18-31(25-10-6-8-20(3)21(25)4)36(33,34)26-11-7-9-22-16-19(2)17-29-28(22)26/h6-17H,5,18H2,1-4H3,(H,30,32). The number of sulfonamides is 1. The van der Waals surface area contributed by atoms with Crippen LogP contribution < -0.4 is 14.4 Å². The largest absolute Gasteiger partial charge is 0.494 e. The van der Waals surface area contributed by atoms with E-state index in [4.69, 9.17) is 4.74 Å². The zero-order valence-electron chi connectivity index (χ0n) is 20.8. The Labute approximate surface area is 211 Å². The van der Waals surface area contributed by atoms with Gasteiger partial charge in [0.05, 0.1) is 17.8 Å². The van der Waals surface area contributed by atoms with Crippen LogP contribution in [0.5, 0.6) is 5.75 Å². The lowest BCUT2D eigenvalue weighted by atomic mass is 10.1. The molecule has 0 saturated carbocycles. The van der Waals surface area contributed by atoms with E-state index in [1.54, 1.807) is 48.7 Å². The second-order valence-corrected chi connectivity index (χ2v) is 10.4. The molecule has 0 aliphatic carbocycles. The Morgan fingerprint density at radius 3 is 2.44 bits per heavy atom. The summed E-state index contributed by atoms with van der Waals surface area (Å²) in [5.41, 5.74) is 3.98. The molecule has 0 aliphatic rings. The minimum absolute atomic E-state index is 0.0507. The first-order valence-electron chi connectivity index (χ1n) is 11.7. The number of carbonyl (C=O) groups is 1. The zero-order valence-corrected chi connectivity index (χ0v) is 21.6.